The number of carbonyl (C=O) groups excluding carboxylic acids is 2. The van der Waals surface area contributed by atoms with E-state index in [4.69, 9.17) is 5.26 Å². The molecule has 130 valence electrons. The molecule has 0 saturated heterocycles. The number of benzene rings is 2. The maximum absolute atomic E-state index is 12.6. The zero-order valence-corrected chi connectivity index (χ0v) is 14.3. The molecule has 6 heteroatoms. The lowest BCUT2D eigenvalue weighted by Gasteiger charge is -2.24. The van der Waals surface area contributed by atoms with Gasteiger partial charge in [-0.3, -0.25) is 9.59 Å². The van der Waals surface area contributed by atoms with Crippen LogP contribution in [0.4, 0.5) is 5.69 Å². The maximum atomic E-state index is 12.6. The summed E-state index contributed by atoms with van der Waals surface area (Å²) in [7, 11) is 0. The minimum absolute atomic E-state index is 0.132. The van der Waals surface area contributed by atoms with E-state index < -0.39 is 0 Å². The SMILES string of the molecule is C[C@H](NC(=O)C1=NN(c2ccccc2)C(=O)CC1)c1ccc(C#N)cc1. The van der Waals surface area contributed by atoms with Gasteiger partial charge in [0.1, 0.15) is 5.71 Å². The number of anilines is 1. The summed E-state index contributed by atoms with van der Waals surface area (Å²) < 4.78 is 0. The number of carbonyl (C=O) groups is 2. The molecule has 1 atom stereocenters. The second-order valence-corrected chi connectivity index (χ2v) is 6.02. The predicted molar refractivity (Wildman–Crippen MR) is 98.3 cm³/mol. The number of hydrogen-bond acceptors (Lipinski definition) is 4. The zero-order valence-electron chi connectivity index (χ0n) is 14.3. The summed E-state index contributed by atoms with van der Waals surface area (Å²) in [6, 6.07) is 17.9. The molecule has 0 radical (unpaired) electrons. The molecule has 2 amide bonds. The van der Waals surface area contributed by atoms with E-state index in [1.54, 1.807) is 24.3 Å². The predicted octanol–water partition coefficient (Wildman–Crippen LogP) is 2.92. The number of hydrazone groups is 1. The van der Waals surface area contributed by atoms with Crippen LogP contribution in [0.2, 0.25) is 0 Å². The Kier molecular flexibility index (Phi) is 5.09. The van der Waals surface area contributed by atoms with Crippen molar-refractivity contribution >= 4 is 23.2 Å². The lowest BCUT2D eigenvalue weighted by Crippen LogP contribution is -2.39. The molecule has 1 aliphatic rings. The molecule has 1 aliphatic heterocycles. The van der Waals surface area contributed by atoms with E-state index in [9.17, 15) is 9.59 Å². The van der Waals surface area contributed by atoms with Gasteiger partial charge in [0.2, 0.25) is 5.91 Å². The van der Waals surface area contributed by atoms with E-state index in [1.807, 2.05) is 37.3 Å². The molecule has 1 heterocycles. The number of nitrogens with one attached hydrogen (secondary N) is 1. The normalized spacial score (nSPS) is 15.0. The Hall–Kier alpha value is -3.46. The third-order valence-electron chi connectivity index (χ3n) is 4.18. The molecule has 0 fully saturated rings. The minimum atomic E-state index is -0.296. The van der Waals surface area contributed by atoms with Crippen LogP contribution < -0.4 is 10.3 Å². The molecule has 0 bridgehead atoms. The number of hydrogen-bond donors (Lipinski definition) is 1. The Morgan fingerprint density at radius 2 is 1.85 bits per heavy atom. The van der Waals surface area contributed by atoms with E-state index in [0.29, 0.717) is 23.4 Å². The first-order chi connectivity index (χ1) is 12.6. The van der Waals surface area contributed by atoms with Gasteiger partial charge in [-0.15, -0.1) is 0 Å². The van der Waals surface area contributed by atoms with Crippen LogP contribution in [0, 0.1) is 11.3 Å². The highest BCUT2D eigenvalue weighted by atomic mass is 16.2. The third-order valence-corrected chi connectivity index (χ3v) is 4.18. The Labute approximate surface area is 151 Å². The summed E-state index contributed by atoms with van der Waals surface area (Å²) in [6.45, 7) is 1.86. The fourth-order valence-electron chi connectivity index (χ4n) is 2.70. The van der Waals surface area contributed by atoms with Crippen molar-refractivity contribution in [1.82, 2.24) is 5.32 Å². The molecule has 1 N–H and O–H groups in total. The first-order valence-corrected chi connectivity index (χ1v) is 8.35. The first-order valence-electron chi connectivity index (χ1n) is 8.35. The van der Waals surface area contributed by atoms with E-state index in [0.717, 1.165) is 5.56 Å². The van der Waals surface area contributed by atoms with Crippen molar-refractivity contribution in [2.24, 2.45) is 5.10 Å². The highest BCUT2D eigenvalue weighted by molar-refractivity contribution is 6.40. The lowest BCUT2D eigenvalue weighted by molar-refractivity contribution is -0.119. The largest absolute Gasteiger partial charge is 0.344 e. The van der Waals surface area contributed by atoms with Crippen LogP contribution in [0.15, 0.2) is 59.7 Å². The topological polar surface area (TPSA) is 85.6 Å². The molecule has 0 aliphatic carbocycles. The number of nitriles is 1. The van der Waals surface area contributed by atoms with Crippen molar-refractivity contribution in [2.75, 3.05) is 5.01 Å². The van der Waals surface area contributed by atoms with Crippen LogP contribution in [0.1, 0.15) is 36.9 Å². The molecule has 2 aromatic rings. The minimum Gasteiger partial charge on any atom is -0.344 e. The van der Waals surface area contributed by atoms with Gasteiger partial charge >= 0.3 is 0 Å². The second-order valence-electron chi connectivity index (χ2n) is 6.02. The van der Waals surface area contributed by atoms with Crippen LogP contribution in [0.25, 0.3) is 0 Å². The summed E-state index contributed by atoms with van der Waals surface area (Å²) in [4.78, 5) is 24.7. The summed E-state index contributed by atoms with van der Waals surface area (Å²) in [5.74, 6) is -0.428. The van der Waals surface area contributed by atoms with Crippen molar-refractivity contribution in [3.63, 3.8) is 0 Å². The van der Waals surface area contributed by atoms with Crippen molar-refractivity contribution in [2.45, 2.75) is 25.8 Å². The molecule has 0 spiro atoms. The van der Waals surface area contributed by atoms with Crippen LogP contribution in [0.3, 0.4) is 0 Å². The molecular weight excluding hydrogens is 328 g/mol. The van der Waals surface area contributed by atoms with Gasteiger partial charge in [-0.05, 0) is 36.8 Å². The fraction of sp³-hybridized carbons (Fsp3) is 0.200. The fourth-order valence-corrected chi connectivity index (χ4v) is 2.70. The van der Waals surface area contributed by atoms with E-state index >= 15 is 0 Å². The molecular formula is C20H18N4O2. The Morgan fingerprint density at radius 3 is 2.50 bits per heavy atom. The summed E-state index contributed by atoms with van der Waals surface area (Å²) in [5, 5.41) is 17.3. The van der Waals surface area contributed by atoms with Crippen molar-refractivity contribution in [3.05, 3.63) is 65.7 Å². The van der Waals surface area contributed by atoms with E-state index in [2.05, 4.69) is 16.5 Å². The van der Waals surface area contributed by atoms with Gasteiger partial charge in [0, 0.05) is 12.8 Å². The third kappa shape index (κ3) is 3.78. The smallest absolute Gasteiger partial charge is 0.267 e. The number of rotatable bonds is 4. The van der Waals surface area contributed by atoms with Crippen LogP contribution >= 0.6 is 0 Å². The van der Waals surface area contributed by atoms with Gasteiger partial charge in [0.25, 0.3) is 5.91 Å². The molecule has 3 rings (SSSR count). The molecule has 0 aromatic heterocycles. The average Bonchev–Trinajstić information content (AvgIpc) is 2.69. The average molecular weight is 346 g/mol. The highest BCUT2D eigenvalue weighted by Gasteiger charge is 2.26. The van der Waals surface area contributed by atoms with Gasteiger partial charge in [-0.1, -0.05) is 30.3 Å². The quantitative estimate of drug-likeness (QED) is 0.923. The van der Waals surface area contributed by atoms with Crippen molar-refractivity contribution in [1.29, 1.82) is 5.26 Å². The van der Waals surface area contributed by atoms with Crippen LogP contribution in [-0.4, -0.2) is 17.5 Å². The van der Waals surface area contributed by atoms with E-state index in [-0.39, 0.29) is 24.3 Å². The summed E-state index contributed by atoms with van der Waals surface area (Å²) in [5.41, 5.74) is 2.43. The number of nitrogens with zero attached hydrogens (tertiary/aromatic N) is 3. The first kappa shape index (κ1) is 17.4. The molecule has 2 aromatic carbocycles. The van der Waals surface area contributed by atoms with Gasteiger partial charge in [0.15, 0.2) is 0 Å². The van der Waals surface area contributed by atoms with E-state index in [1.165, 1.54) is 5.01 Å². The number of amides is 2. The Balaban J connectivity index is 1.74. The van der Waals surface area contributed by atoms with Gasteiger partial charge < -0.3 is 5.32 Å². The van der Waals surface area contributed by atoms with Gasteiger partial charge in [-0.2, -0.15) is 10.4 Å². The highest BCUT2D eigenvalue weighted by Crippen LogP contribution is 2.20. The van der Waals surface area contributed by atoms with Gasteiger partial charge in [0.05, 0.1) is 23.4 Å². The van der Waals surface area contributed by atoms with Crippen LogP contribution in [0.5, 0.6) is 0 Å². The maximum Gasteiger partial charge on any atom is 0.267 e. The van der Waals surface area contributed by atoms with Gasteiger partial charge in [-0.25, -0.2) is 5.01 Å². The summed E-state index contributed by atoms with van der Waals surface area (Å²) in [6.07, 6.45) is 0.556. The monoisotopic (exact) mass is 346 g/mol. The summed E-state index contributed by atoms with van der Waals surface area (Å²) >= 11 is 0. The zero-order chi connectivity index (χ0) is 18.5. The molecule has 0 unspecified atom stereocenters. The Bertz CT molecular complexity index is 882. The standard InChI is InChI=1S/C20H18N4O2/c1-14(16-9-7-15(13-21)8-10-16)22-20(26)18-11-12-19(25)24(23-18)17-5-3-2-4-6-17/h2-10,14H,11-12H2,1H3,(H,22,26)/t14-/m0/s1. The lowest BCUT2D eigenvalue weighted by atomic mass is 10.1. The molecule has 6 nitrogen and oxygen atoms in total. The van der Waals surface area contributed by atoms with Crippen molar-refractivity contribution in [3.8, 4) is 6.07 Å². The molecule has 0 saturated carbocycles. The Morgan fingerprint density at radius 1 is 1.15 bits per heavy atom. The second kappa shape index (κ2) is 7.62. The number of para-hydroxylation sites is 1. The molecule has 26 heavy (non-hydrogen) atoms. The van der Waals surface area contributed by atoms with Crippen LogP contribution in [-0.2, 0) is 9.59 Å². The van der Waals surface area contributed by atoms with Crippen molar-refractivity contribution < 1.29 is 9.59 Å².